The van der Waals surface area contributed by atoms with Crippen molar-refractivity contribution < 1.29 is 9.53 Å². The molecule has 0 radical (unpaired) electrons. The molecule has 0 heterocycles. The zero-order valence-electron chi connectivity index (χ0n) is 11.0. The molecule has 0 aromatic rings. The second kappa shape index (κ2) is 11.3. The van der Waals surface area contributed by atoms with Crippen molar-refractivity contribution >= 4 is 17.7 Å². The van der Waals surface area contributed by atoms with Gasteiger partial charge in [0.05, 0.1) is 13.0 Å². The van der Waals surface area contributed by atoms with Crippen molar-refractivity contribution in [2.24, 2.45) is 0 Å². The van der Waals surface area contributed by atoms with Crippen molar-refractivity contribution in [3.63, 3.8) is 0 Å². The van der Waals surface area contributed by atoms with E-state index in [2.05, 4.69) is 13.8 Å². The van der Waals surface area contributed by atoms with Gasteiger partial charge in [-0.1, -0.05) is 46.0 Å². The van der Waals surface area contributed by atoms with Crippen molar-refractivity contribution in [3.05, 3.63) is 0 Å². The van der Waals surface area contributed by atoms with E-state index in [0.29, 0.717) is 18.3 Å². The highest BCUT2D eigenvalue weighted by atomic mass is 32.2. The summed E-state index contributed by atoms with van der Waals surface area (Å²) in [5, 5.41) is 0.372. The molecule has 2 nitrogen and oxygen atoms in total. The average molecular weight is 246 g/mol. The number of thioether (sulfide) groups is 1. The molecule has 1 unspecified atom stereocenters. The average Bonchev–Trinajstić information content (AvgIpc) is 2.27. The van der Waals surface area contributed by atoms with Crippen molar-refractivity contribution in [2.75, 3.05) is 12.9 Å². The summed E-state index contributed by atoms with van der Waals surface area (Å²) in [5.41, 5.74) is 0. The van der Waals surface area contributed by atoms with Crippen LogP contribution in [0.15, 0.2) is 0 Å². The van der Waals surface area contributed by atoms with Gasteiger partial charge < -0.3 is 4.74 Å². The van der Waals surface area contributed by atoms with Gasteiger partial charge in [0, 0.05) is 5.25 Å². The van der Waals surface area contributed by atoms with Crippen molar-refractivity contribution in [2.45, 2.75) is 64.0 Å². The van der Waals surface area contributed by atoms with Crippen LogP contribution in [0.25, 0.3) is 0 Å². The molecule has 0 spiro atoms. The quantitative estimate of drug-likeness (QED) is 0.430. The molecule has 0 aromatic heterocycles. The number of carbonyl (C=O) groups excluding carboxylic acids is 1. The second-order valence-corrected chi connectivity index (χ2v) is 5.51. The third-order valence-electron chi connectivity index (χ3n) is 2.62. The first kappa shape index (κ1) is 15.8. The predicted molar refractivity (Wildman–Crippen MR) is 71.9 cm³/mol. The summed E-state index contributed by atoms with van der Waals surface area (Å²) in [6.45, 7) is 4.87. The number of hydrogen-bond acceptors (Lipinski definition) is 3. The van der Waals surface area contributed by atoms with E-state index in [1.165, 1.54) is 32.1 Å². The van der Waals surface area contributed by atoms with Gasteiger partial charge in [0.15, 0.2) is 0 Å². The highest BCUT2D eigenvalue weighted by molar-refractivity contribution is 7.99. The van der Waals surface area contributed by atoms with Crippen molar-refractivity contribution in [1.82, 2.24) is 0 Å². The Kier molecular flexibility index (Phi) is 11.2. The second-order valence-electron chi connectivity index (χ2n) is 4.24. The Hall–Kier alpha value is -0.180. The van der Waals surface area contributed by atoms with Crippen LogP contribution < -0.4 is 0 Å². The van der Waals surface area contributed by atoms with Crippen LogP contribution in [0.1, 0.15) is 58.8 Å². The van der Waals surface area contributed by atoms with Gasteiger partial charge in [-0.15, -0.1) is 0 Å². The zero-order chi connectivity index (χ0) is 12.2. The van der Waals surface area contributed by atoms with E-state index in [1.807, 2.05) is 6.26 Å². The molecular formula is C13H26O2S. The summed E-state index contributed by atoms with van der Waals surface area (Å²) in [5.74, 6) is -0.0459. The standard InChI is InChI=1S/C13H26O2S/c1-4-5-6-7-8-9-10-15-13(14)11-12(2)16-3/h12H,4-11H2,1-3H3. The topological polar surface area (TPSA) is 26.3 Å². The van der Waals surface area contributed by atoms with Crippen LogP contribution >= 0.6 is 11.8 Å². The molecule has 0 fully saturated rings. The van der Waals surface area contributed by atoms with Gasteiger partial charge in [-0.05, 0) is 12.7 Å². The Labute approximate surface area is 105 Å². The van der Waals surface area contributed by atoms with E-state index in [1.54, 1.807) is 11.8 Å². The van der Waals surface area contributed by atoms with Crippen LogP contribution in [0.2, 0.25) is 0 Å². The molecule has 96 valence electrons. The van der Waals surface area contributed by atoms with Gasteiger partial charge in [0.1, 0.15) is 0 Å². The monoisotopic (exact) mass is 246 g/mol. The normalized spacial score (nSPS) is 12.4. The van der Waals surface area contributed by atoms with E-state index in [0.717, 1.165) is 6.42 Å². The third kappa shape index (κ3) is 10.3. The van der Waals surface area contributed by atoms with E-state index >= 15 is 0 Å². The Balaban J connectivity index is 3.21. The SMILES string of the molecule is CCCCCCCCOC(=O)CC(C)SC. The van der Waals surface area contributed by atoms with Gasteiger partial charge in [0.2, 0.25) is 0 Å². The van der Waals surface area contributed by atoms with Crippen molar-refractivity contribution in [3.8, 4) is 0 Å². The molecule has 0 aliphatic rings. The van der Waals surface area contributed by atoms with Crippen LogP contribution in [0.3, 0.4) is 0 Å². The molecule has 0 aliphatic heterocycles. The molecule has 0 saturated heterocycles. The summed E-state index contributed by atoms with van der Waals surface area (Å²) in [4.78, 5) is 11.3. The fourth-order valence-corrected chi connectivity index (χ4v) is 1.75. The van der Waals surface area contributed by atoms with Gasteiger partial charge in [-0.25, -0.2) is 0 Å². The third-order valence-corrected chi connectivity index (χ3v) is 3.59. The summed E-state index contributed by atoms with van der Waals surface area (Å²) in [7, 11) is 0. The summed E-state index contributed by atoms with van der Waals surface area (Å²) in [6.07, 6.45) is 9.95. The number of unbranched alkanes of at least 4 members (excludes halogenated alkanes) is 5. The first-order valence-corrected chi connectivity index (χ1v) is 7.68. The largest absolute Gasteiger partial charge is 0.466 e. The van der Waals surface area contributed by atoms with Gasteiger partial charge in [-0.2, -0.15) is 11.8 Å². The lowest BCUT2D eigenvalue weighted by molar-refractivity contribution is -0.143. The molecular weight excluding hydrogens is 220 g/mol. The van der Waals surface area contributed by atoms with Crippen LogP contribution in [-0.2, 0) is 9.53 Å². The highest BCUT2D eigenvalue weighted by Gasteiger charge is 2.08. The Morgan fingerprint density at radius 3 is 2.44 bits per heavy atom. The minimum atomic E-state index is -0.0459. The highest BCUT2D eigenvalue weighted by Crippen LogP contribution is 2.10. The predicted octanol–water partition coefficient (Wildman–Crippen LogP) is 4.03. The maximum atomic E-state index is 11.3. The van der Waals surface area contributed by atoms with Gasteiger partial charge in [0.25, 0.3) is 0 Å². The van der Waals surface area contributed by atoms with Gasteiger partial charge in [-0.3, -0.25) is 4.79 Å². The maximum absolute atomic E-state index is 11.3. The number of esters is 1. The molecule has 3 heteroatoms. The number of ether oxygens (including phenoxy) is 1. The molecule has 0 aromatic carbocycles. The lowest BCUT2D eigenvalue weighted by atomic mass is 10.1. The molecule has 0 bridgehead atoms. The fraction of sp³-hybridized carbons (Fsp3) is 0.923. The lowest BCUT2D eigenvalue weighted by Crippen LogP contribution is -2.11. The van der Waals surface area contributed by atoms with E-state index in [-0.39, 0.29) is 5.97 Å². The first-order chi connectivity index (χ1) is 7.70. The Morgan fingerprint density at radius 2 is 1.81 bits per heavy atom. The molecule has 0 rings (SSSR count). The zero-order valence-corrected chi connectivity index (χ0v) is 11.8. The van der Waals surface area contributed by atoms with E-state index in [9.17, 15) is 4.79 Å². The molecule has 0 saturated carbocycles. The fourth-order valence-electron chi connectivity index (χ4n) is 1.45. The minimum Gasteiger partial charge on any atom is -0.466 e. The molecule has 16 heavy (non-hydrogen) atoms. The van der Waals surface area contributed by atoms with Crippen LogP contribution in [0, 0.1) is 0 Å². The van der Waals surface area contributed by atoms with Crippen LogP contribution in [0.4, 0.5) is 0 Å². The Bertz CT molecular complexity index is 171. The minimum absolute atomic E-state index is 0.0459. The van der Waals surface area contributed by atoms with Gasteiger partial charge >= 0.3 is 5.97 Å². The van der Waals surface area contributed by atoms with E-state index < -0.39 is 0 Å². The Morgan fingerprint density at radius 1 is 1.19 bits per heavy atom. The number of hydrogen-bond donors (Lipinski definition) is 0. The molecule has 0 N–H and O–H groups in total. The maximum Gasteiger partial charge on any atom is 0.306 e. The smallest absolute Gasteiger partial charge is 0.306 e. The summed E-state index contributed by atoms with van der Waals surface area (Å²) in [6, 6.07) is 0. The van der Waals surface area contributed by atoms with E-state index in [4.69, 9.17) is 4.74 Å². The molecule has 0 amide bonds. The summed E-state index contributed by atoms with van der Waals surface area (Å²) < 4.78 is 5.17. The molecule has 1 atom stereocenters. The van der Waals surface area contributed by atoms with Crippen LogP contribution in [-0.4, -0.2) is 24.1 Å². The van der Waals surface area contributed by atoms with Crippen molar-refractivity contribution in [1.29, 1.82) is 0 Å². The lowest BCUT2D eigenvalue weighted by Gasteiger charge is -2.08. The molecule has 0 aliphatic carbocycles. The van der Waals surface area contributed by atoms with Crippen LogP contribution in [0.5, 0.6) is 0 Å². The number of rotatable bonds is 10. The first-order valence-electron chi connectivity index (χ1n) is 6.39. The number of carbonyl (C=O) groups is 1. The summed E-state index contributed by atoms with van der Waals surface area (Å²) >= 11 is 1.71.